The summed E-state index contributed by atoms with van der Waals surface area (Å²) in [6, 6.07) is 3.69. The maximum absolute atomic E-state index is 10.7. The molecule has 0 saturated heterocycles. The van der Waals surface area contributed by atoms with E-state index in [2.05, 4.69) is 5.48 Å². The lowest BCUT2D eigenvalue weighted by molar-refractivity contribution is 0.0651. The maximum Gasteiger partial charge on any atom is 0.336 e. The molecule has 0 aliphatic rings. The molecule has 0 heterocycles. The van der Waals surface area contributed by atoms with Crippen LogP contribution >= 0.6 is 0 Å². The number of carboxylic acid groups (broad SMARTS) is 2. The van der Waals surface area contributed by atoms with E-state index in [-0.39, 0.29) is 16.9 Å². The van der Waals surface area contributed by atoms with Gasteiger partial charge in [-0.1, -0.05) is 0 Å². The number of aromatic carboxylic acids is 2. The first-order valence-electron chi connectivity index (χ1n) is 4.00. The Morgan fingerprint density at radius 3 is 2.27 bits per heavy atom. The van der Waals surface area contributed by atoms with E-state index in [1.807, 2.05) is 0 Å². The molecule has 1 rings (SSSR count). The second kappa shape index (κ2) is 4.43. The number of hydrogen-bond donors (Lipinski definition) is 3. The molecular formula is C9H9NO5. The van der Waals surface area contributed by atoms with E-state index < -0.39 is 11.9 Å². The third-order valence-corrected chi connectivity index (χ3v) is 1.67. The average molecular weight is 211 g/mol. The van der Waals surface area contributed by atoms with Crippen LogP contribution in [0.15, 0.2) is 18.2 Å². The van der Waals surface area contributed by atoms with Crippen molar-refractivity contribution >= 4 is 11.9 Å². The van der Waals surface area contributed by atoms with Gasteiger partial charge in [0.1, 0.15) is 5.75 Å². The van der Waals surface area contributed by atoms with Crippen LogP contribution in [0.25, 0.3) is 0 Å². The predicted octanol–water partition coefficient (Wildman–Crippen LogP) is 0.596. The van der Waals surface area contributed by atoms with Gasteiger partial charge in [-0.25, -0.2) is 9.59 Å². The lowest BCUT2D eigenvalue weighted by Crippen LogP contribution is -2.13. The zero-order valence-corrected chi connectivity index (χ0v) is 7.85. The van der Waals surface area contributed by atoms with E-state index >= 15 is 0 Å². The first kappa shape index (κ1) is 11.0. The molecule has 0 radical (unpaired) electrons. The zero-order chi connectivity index (χ0) is 11.4. The SMILES string of the molecule is CNOc1ccc(C(=O)O)c(C(=O)O)c1. The number of hydrogen-bond acceptors (Lipinski definition) is 4. The number of carboxylic acids is 2. The van der Waals surface area contributed by atoms with Gasteiger partial charge in [0.15, 0.2) is 0 Å². The average Bonchev–Trinajstić information content (AvgIpc) is 2.17. The maximum atomic E-state index is 10.7. The Hall–Kier alpha value is -2.08. The van der Waals surface area contributed by atoms with Crippen molar-refractivity contribution in [1.29, 1.82) is 0 Å². The Morgan fingerprint density at radius 2 is 1.80 bits per heavy atom. The van der Waals surface area contributed by atoms with Crippen LogP contribution in [0.1, 0.15) is 20.7 Å². The van der Waals surface area contributed by atoms with Gasteiger partial charge in [-0.15, -0.1) is 0 Å². The van der Waals surface area contributed by atoms with Gasteiger partial charge in [0.25, 0.3) is 0 Å². The molecule has 3 N–H and O–H groups in total. The van der Waals surface area contributed by atoms with Gasteiger partial charge in [-0.3, -0.25) is 0 Å². The molecule has 0 unspecified atom stereocenters. The monoisotopic (exact) mass is 211 g/mol. The van der Waals surface area contributed by atoms with Crippen LogP contribution < -0.4 is 10.3 Å². The van der Waals surface area contributed by atoms with Crippen LogP contribution in [0.5, 0.6) is 5.75 Å². The molecule has 15 heavy (non-hydrogen) atoms. The fourth-order valence-corrected chi connectivity index (χ4v) is 1.07. The van der Waals surface area contributed by atoms with E-state index in [0.717, 1.165) is 6.07 Å². The quantitative estimate of drug-likeness (QED) is 0.631. The molecule has 0 aliphatic heterocycles. The van der Waals surface area contributed by atoms with Gasteiger partial charge in [-0.2, -0.15) is 5.48 Å². The molecule has 0 spiro atoms. The minimum atomic E-state index is -1.31. The summed E-state index contributed by atoms with van der Waals surface area (Å²) in [5.74, 6) is -2.36. The van der Waals surface area contributed by atoms with Gasteiger partial charge in [0.05, 0.1) is 11.1 Å². The third-order valence-electron chi connectivity index (χ3n) is 1.67. The molecule has 0 saturated carbocycles. The van der Waals surface area contributed by atoms with Crippen molar-refractivity contribution in [3.63, 3.8) is 0 Å². The number of carbonyl (C=O) groups is 2. The standard InChI is InChI=1S/C9H9NO5/c1-10-15-5-2-3-6(8(11)12)7(4-5)9(13)14/h2-4,10H,1H3,(H,11,12)(H,13,14). The van der Waals surface area contributed by atoms with Crippen molar-refractivity contribution in [1.82, 2.24) is 5.48 Å². The molecule has 0 atom stereocenters. The largest absolute Gasteiger partial charge is 0.478 e. The van der Waals surface area contributed by atoms with Crippen molar-refractivity contribution in [3.05, 3.63) is 29.3 Å². The molecule has 1 aromatic carbocycles. The Kier molecular flexibility index (Phi) is 3.25. The van der Waals surface area contributed by atoms with Gasteiger partial charge in [-0.05, 0) is 18.2 Å². The molecule has 0 fully saturated rings. The van der Waals surface area contributed by atoms with Gasteiger partial charge in [0, 0.05) is 7.05 Å². The molecule has 1 aromatic rings. The molecule has 0 aromatic heterocycles. The second-order valence-electron chi connectivity index (χ2n) is 2.62. The second-order valence-corrected chi connectivity index (χ2v) is 2.62. The van der Waals surface area contributed by atoms with Crippen LogP contribution in [0.3, 0.4) is 0 Å². The van der Waals surface area contributed by atoms with Crippen molar-refractivity contribution in [3.8, 4) is 5.75 Å². The molecular weight excluding hydrogens is 202 g/mol. The van der Waals surface area contributed by atoms with Crippen molar-refractivity contribution < 1.29 is 24.6 Å². The molecule has 6 heteroatoms. The zero-order valence-electron chi connectivity index (χ0n) is 7.85. The number of nitrogens with one attached hydrogen (secondary N) is 1. The number of benzene rings is 1. The van der Waals surface area contributed by atoms with Crippen molar-refractivity contribution in [2.45, 2.75) is 0 Å². The highest BCUT2D eigenvalue weighted by atomic mass is 16.6. The first-order chi connectivity index (χ1) is 7.06. The van der Waals surface area contributed by atoms with Crippen molar-refractivity contribution in [2.75, 3.05) is 7.05 Å². The van der Waals surface area contributed by atoms with Crippen LogP contribution in [-0.2, 0) is 0 Å². The number of rotatable bonds is 4. The van der Waals surface area contributed by atoms with E-state index in [1.54, 1.807) is 0 Å². The topological polar surface area (TPSA) is 95.9 Å². The minimum absolute atomic E-state index is 0.236. The van der Waals surface area contributed by atoms with Gasteiger partial charge in [0.2, 0.25) is 0 Å². The molecule has 0 aliphatic carbocycles. The fraction of sp³-hybridized carbons (Fsp3) is 0.111. The summed E-state index contributed by atoms with van der Waals surface area (Å²) in [6.07, 6.45) is 0. The summed E-state index contributed by atoms with van der Waals surface area (Å²) in [4.78, 5) is 26.2. The van der Waals surface area contributed by atoms with Crippen LogP contribution in [0, 0.1) is 0 Å². The van der Waals surface area contributed by atoms with Crippen LogP contribution in [0.4, 0.5) is 0 Å². The molecule has 6 nitrogen and oxygen atoms in total. The minimum Gasteiger partial charge on any atom is -0.478 e. The van der Waals surface area contributed by atoms with Crippen LogP contribution in [-0.4, -0.2) is 29.2 Å². The summed E-state index contributed by atoms with van der Waals surface area (Å²) in [5, 5.41) is 17.5. The highest BCUT2D eigenvalue weighted by Gasteiger charge is 2.16. The molecule has 0 bridgehead atoms. The summed E-state index contributed by atoms with van der Waals surface area (Å²) >= 11 is 0. The van der Waals surface area contributed by atoms with E-state index in [0.29, 0.717) is 0 Å². The Bertz CT molecular complexity index is 401. The highest BCUT2D eigenvalue weighted by molar-refractivity contribution is 6.01. The predicted molar refractivity (Wildman–Crippen MR) is 50.0 cm³/mol. The summed E-state index contributed by atoms with van der Waals surface area (Å²) in [7, 11) is 1.51. The Labute approximate surface area is 85.1 Å². The first-order valence-corrected chi connectivity index (χ1v) is 4.00. The Morgan fingerprint density at radius 1 is 1.20 bits per heavy atom. The normalized spacial score (nSPS) is 9.67. The van der Waals surface area contributed by atoms with E-state index in [4.69, 9.17) is 15.1 Å². The van der Waals surface area contributed by atoms with Gasteiger partial charge >= 0.3 is 11.9 Å². The lowest BCUT2D eigenvalue weighted by atomic mass is 10.1. The lowest BCUT2D eigenvalue weighted by Gasteiger charge is -2.05. The third kappa shape index (κ3) is 2.44. The highest BCUT2D eigenvalue weighted by Crippen LogP contribution is 2.17. The van der Waals surface area contributed by atoms with Crippen molar-refractivity contribution in [2.24, 2.45) is 0 Å². The van der Waals surface area contributed by atoms with Crippen LogP contribution in [0.2, 0.25) is 0 Å². The van der Waals surface area contributed by atoms with Gasteiger partial charge < -0.3 is 15.1 Å². The summed E-state index contributed by atoms with van der Waals surface area (Å²) < 4.78 is 0. The Balaban J connectivity index is 3.21. The smallest absolute Gasteiger partial charge is 0.336 e. The summed E-state index contributed by atoms with van der Waals surface area (Å²) in [6.45, 7) is 0. The molecule has 0 amide bonds. The molecule has 80 valence electrons. The van der Waals surface area contributed by atoms with E-state index in [9.17, 15) is 9.59 Å². The van der Waals surface area contributed by atoms with E-state index in [1.165, 1.54) is 19.2 Å². The fourth-order valence-electron chi connectivity index (χ4n) is 1.07. The summed E-state index contributed by atoms with van der Waals surface area (Å²) in [5.41, 5.74) is 1.78. The number of hydroxylamine groups is 1.